The molecular formula is C28H23N3O6S. The van der Waals surface area contributed by atoms with E-state index < -0.39 is 23.5 Å². The Morgan fingerprint density at radius 3 is 2.53 bits per heavy atom. The second-order valence-corrected chi connectivity index (χ2v) is 9.69. The van der Waals surface area contributed by atoms with Crippen molar-refractivity contribution in [1.29, 1.82) is 0 Å². The fourth-order valence-corrected chi connectivity index (χ4v) is 5.77. The van der Waals surface area contributed by atoms with Crippen molar-refractivity contribution in [2.24, 2.45) is 4.99 Å². The number of likely N-dealkylation sites (N-methyl/N-ethyl adjacent to an activating group) is 1. The number of para-hydroxylation sites is 1. The SMILES string of the molecule is C=CCOC(=O)C1=C(C)N=c2s/c(=C3/C(=O)N(C)c4ccccc43)c(=O)n2[C@H]1c1ccc(OC(C)=O)cc1. The summed E-state index contributed by atoms with van der Waals surface area (Å²) in [5, 5.41) is 0. The maximum atomic E-state index is 14.0. The standard InChI is InChI=1S/C28H23N3O6S/c1-5-14-36-27(35)21-15(2)29-28-31(23(21)17-10-12-18(13-11-17)37-16(3)32)26(34)24(38-28)22-19-8-6-7-9-20(19)30(4)25(22)33/h5-13,23H,1,14H2,2-4H3/b24-22+/t23-/m0/s1. The maximum Gasteiger partial charge on any atom is 0.338 e. The van der Waals surface area contributed by atoms with Gasteiger partial charge in [-0.2, -0.15) is 0 Å². The molecule has 3 aromatic rings. The minimum absolute atomic E-state index is 0.0140. The van der Waals surface area contributed by atoms with E-state index in [0.29, 0.717) is 38.6 Å². The molecular weight excluding hydrogens is 506 g/mol. The van der Waals surface area contributed by atoms with Crippen LogP contribution in [-0.2, 0) is 19.1 Å². The van der Waals surface area contributed by atoms with Crippen LogP contribution >= 0.6 is 11.3 Å². The molecule has 0 bridgehead atoms. The molecule has 2 aromatic carbocycles. The zero-order valence-electron chi connectivity index (χ0n) is 20.9. The third kappa shape index (κ3) is 4.08. The lowest BCUT2D eigenvalue weighted by molar-refractivity contribution is -0.138. The molecule has 0 fully saturated rings. The molecule has 0 spiro atoms. The lowest BCUT2D eigenvalue weighted by Crippen LogP contribution is -2.40. The first-order valence-corrected chi connectivity index (χ1v) is 12.5. The van der Waals surface area contributed by atoms with Crippen LogP contribution in [0.5, 0.6) is 5.75 Å². The van der Waals surface area contributed by atoms with Gasteiger partial charge in [-0.05, 0) is 30.7 Å². The van der Waals surface area contributed by atoms with Crippen LogP contribution < -0.4 is 24.5 Å². The summed E-state index contributed by atoms with van der Waals surface area (Å²) in [4.78, 5) is 58.2. The lowest BCUT2D eigenvalue weighted by atomic mass is 9.96. The van der Waals surface area contributed by atoms with Crippen molar-refractivity contribution in [3.63, 3.8) is 0 Å². The van der Waals surface area contributed by atoms with Gasteiger partial charge in [-0.1, -0.05) is 54.3 Å². The smallest absolute Gasteiger partial charge is 0.338 e. The van der Waals surface area contributed by atoms with Gasteiger partial charge in [-0.15, -0.1) is 0 Å². The van der Waals surface area contributed by atoms with Gasteiger partial charge in [0.2, 0.25) is 0 Å². The van der Waals surface area contributed by atoms with Crippen LogP contribution in [0.15, 0.2) is 82.2 Å². The highest BCUT2D eigenvalue weighted by Crippen LogP contribution is 2.35. The molecule has 38 heavy (non-hydrogen) atoms. The van der Waals surface area contributed by atoms with Crippen LogP contribution in [-0.4, -0.2) is 36.1 Å². The van der Waals surface area contributed by atoms with Gasteiger partial charge in [0.25, 0.3) is 11.5 Å². The van der Waals surface area contributed by atoms with Crippen LogP contribution in [0.4, 0.5) is 5.69 Å². The summed E-state index contributed by atoms with van der Waals surface area (Å²) in [5.74, 6) is -1.08. The van der Waals surface area contributed by atoms with Crippen molar-refractivity contribution in [2.75, 3.05) is 18.6 Å². The summed E-state index contributed by atoms with van der Waals surface area (Å²) in [6.07, 6.45) is 1.45. The van der Waals surface area contributed by atoms with Crippen LogP contribution in [0, 0.1) is 0 Å². The lowest BCUT2D eigenvalue weighted by Gasteiger charge is -2.24. The van der Waals surface area contributed by atoms with E-state index in [4.69, 9.17) is 9.47 Å². The molecule has 0 saturated carbocycles. The highest BCUT2D eigenvalue weighted by atomic mass is 32.1. The number of carbonyl (C=O) groups excluding carboxylic acids is 3. The summed E-state index contributed by atoms with van der Waals surface area (Å²) < 4.78 is 12.1. The number of amides is 1. The number of nitrogens with zero attached hydrogens (tertiary/aromatic N) is 3. The van der Waals surface area contributed by atoms with Gasteiger partial charge >= 0.3 is 11.9 Å². The first kappa shape index (κ1) is 25.1. The Morgan fingerprint density at radius 1 is 1.13 bits per heavy atom. The molecule has 0 saturated heterocycles. The first-order valence-electron chi connectivity index (χ1n) is 11.7. The molecule has 2 aliphatic rings. The van der Waals surface area contributed by atoms with E-state index in [9.17, 15) is 19.2 Å². The average Bonchev–Trinajstić information content (AvgIpc) is 3.34. The Bertz CT molecular complexity index is 1730. The van der Waals surface area contributed by atoms with Gasteiger partial charge in [-0.3, -0.25) is 19.0 Å². The van der Waals surface area contributed by atoms with Gasteiger partial charge < -0.3 is 14.4 Å². The van der Waals surface area contributed by atoms with Crippen LogP contribution in [0.2, 0.25) is 0 Å². The van der Waals surface area contributed by atoms with Crippen molar-refractivity contribution in [1.82, 2.24) is 4.57 Å². The predicted octanol–water partition coefficient (Wildman–Crippen LogP) is 2.24. The zero-order valence-corrected chi connectivity index (χ0v) is 21.7. The topological polar surface area (TPSA) is 107 Å². The van der Waals surface area contributed by atoms with E-state index in [1.165, 1.54) is 22.5 Å². The van der Waals surface area contributed by atoms with Crippen molar-refractivity contribution < 1.29 is 23.9 Å². The zero-order chi connectivity index (χ0) is 27.1. The summed E-state index contributed by atoms with van der Waals surface area (Å²) in [6.45, 7) is 6.55. The fraction of sp³-hybridized carbons (Fsp3) is 0.179. The largest absolute Gasteiger partial charge is 0.458 e. The summed E-state index contributed by atoms with van der Waals surface area (Å²) in [7, 11) is 1.66. The highest BCUT2D eigenvalue weighted by Gasteiger charge is 2.36. The van der Waals surface area contributed by atoms with E-state index >= 15 is 0 Å². The summed E-state index contributed by atoms with van der Waals surface area (Å²) >= 11 is 1.10. The van der Waals surface area contributed by atoms with Crippen molar-refractivity contribution >= 4 is 40.4 Å². The Labute approximate surface area is 221 Å². The third-order valence-corrected chi connectivity index (χ3v) is 7.34. The molecule has 192 valence electrons. The Balaban J connectivity index is 1.76. The van der Waals surface area contributed by atoms with Gasteiger partial charge in [0.05, 0.1) is 28.6 Å². The number of aromatic nitrogens is 1. The molecule has 10 heteroatoms. The van der Waals surface area contributed by atoms with E-state index in [2.05, 4.69) is 11.6 Å². The molecule has 2 aliphatic heterocycles. The van der Waals surface area contributed by atoms with E-state index in [1.54, 1.807) is 44.3 Å². The summed E-state index contributed by atoms with van der Waals surface area (Å²) in [6, 6.07) is 12.9. The number of hydrogen-bond donors (Lipinski definition) is 0. The highest BCUT2D eigenvalue weighted by molar-refractivity contribution is 7.07. The van der Waals surface area contributed by atoms with E-state index in [-0.39, 0.29) is 22.6 Å². The van der Waals surface area contributed by atoms with Crippen LogP contribution in [0.25, 0.3) is 5.57 Å². The number of carbonyl (C=O) groups is 3. The number of allylic oxidation sites excluding steroid dienone is 1. The molecule has 1 aromatic heterocycles. The van der Waals surface area contributed by atoms with Gasteiger partial charge in [0.15, 0.2) is 4.80 Å². The second kappa shape index (κ2) is 9.71. The predicted molar refractivity (Wildman–Crippen MR) is 141 cm³/mol. The Morgan fingerprint density at radius 2 is 1.84 bits per heavy atom. The Hall–Kier alpha value is -4.57. The molecule has 1 amide bonds. The van der Waals surface area contributed by atoms with Crippen molar-refractivity contribution in [2.45, 2.75) is 19.9 Å². The molecule has 1 atom stereocenters. The minimum Gasteiger partial charge on any atom is -0.458 e. The number of esters is 2. The summed E-state index contributed by atoms with van der Waals surface area (Å²) in [5.41, 5.74) is 2.38. The fourth-order valence-electron chi connectivity index (χ4n) is 4.63. The molecule has 0 radical (unpaired) electrons. The van der Waals surface area contributed by atoms with E-state index in [0.717, 1.165) is 11.3 Å². The molecule has 0 aliphatic carbocycles. The average molecular weight is 530 g/mol. The number of benzene rings is 2. The Kier molecular flexibility index (Phi) is 6.41. The maximum absolute atomic E-state index is 14.0. The van der Waals surface area contributed by atoms with Gasteiger partial charge in [0.1, 0.15) is 16.9 Å². The molecule has 9 nitrogen and oxygen atoms in total. The number of fused-ring (bicyclic) bond motifs is 2. The van der Waals surface area contributed by atoms with Crippen molar-refractivity contribution in [3.05, 3.63) is 103 Å². The van der Waals surface area contributed by atoms with Crippen LogP contribution in [0.1, 0.15) is 31.0 Å². The minimum atomic E-state index is -0.881. The number of anilines is 1. The van der Waals surface area contributed by atoms with Crippen molar-refractivity contribution in [3.8, 4) is 5.75 Å². The second-order valence-electron chi connectivity index (χ2n) is 8.71. The third-order valence-electron chi connectivity index (χ3n) is 6.29. The normalized spacial score (nSPS) is 17.5. The molecule has 0 unspecified atom stereocenters. The molecule has 0 N–H and O–H groups in total. The molecule has 5 rings (SSSR count). The number of thiazole rings is 1. The van der Waals surface area contributed by atoms with Crippen LogP contribution in [0.3, 0.4) is 0 Å². The quantitative estimate of drug-likeness (QED) is 0.285. The number of rotatable bonds is 5. The number of ether oxygens (including phenoxy) is 2. The van der Waals surface area contributed by atoms with E-state index in [1.807, 2.05) is 18.2 Å². The first-order chi connectivity index (χ1) is 18.2. The van der Waals surface area contributed by atoms with Gasteiger partial charge in [-0.25, -0.2) is 9.79 Å². The number of hydrogen-bond acceptors (Lipinski definition) is 8. The van der Waals surface area contributed by atoms with Gasteiger partial charge in [0, 0.05) is 19.5 Å². The monoisotopic (exact) mass is 529 g/mol. The molecule has 3 heterocycles.